The minimum absolute atomic E-state index is 0.0374. The van der Waals surface area contributed by atoms with Crippen molar-refractivity contribution in [3.8, 4) is 5.75 Å². The normalized spacial score (nSPS) is 9.95. The number of aromatic nitrogens is 1. The molecule has 19 heavy (non-hydrogen) atoms. The third-order valence-electron chi connectivity index (χ3n) is 2.59. The molecule has 1 amide bonds. The van der Waals surface area contributed by atoms with E-state index in [0.29, 0.717) is 11.3 Å². The maximum atomic E-state index is 11.9. The number of rotatable bonds is 3. The molecule has 0 saturated heterocycles. The van der Waals surface area contributed by atoms with E-state index in [1.165, 1.54) is 25.4 Å². The summed E-state index contributed by atoms with van der Waals surface area (Å²) in [6.07, 6.45) is 2.63. The first kappa shape index (κ1) is 12.8. The average Bonchev–Trinajstić information content (AvgIpc) is 2.39. The molecule has 0 aliphatic carbocycles. The second-order valence-corrected chi connectivity index (χ2v) is 3.98. The molecule has 2 rings (SSSR count). The zero-order valence-electron chi connectivity index (χ0n) is 10.3. The van der Waals surface area contributed by atoms with Crippen molar-refractivity contribution >= 4 is 17.4 Å². The van der Waals surface area contributed by atoms with E-state index in [2.05, 4.69) is 10.3 Å². The predicted molar refractivity (Wildman–Crippen MR) is 70.3 cm³/mol. The van der Waals surface area contributed by atoms with Gasteiger partial charge in [0.1, 0.15) is 5.75 Å². The summed E-state index contributed by atoms with van der Waals surface area (Å²) in [5.41, 5.74) is 1.27. The van der Waals surface area contributed by atoms with Gasteiger partial charge < -0.3 is 10.4 Å². The second-order valence-electron chi connectivity index (χ2n) is 3.98. The maximum Gasteiger partial charge on any atom is 0.259 e. The lowest BCUT2D eigenvalue weighted by Gasteiger charge is -2.06. The number of benzene rings is 1. The van der Waals surface area contributed by atoms with Crippen LogP contribution in [0.2, 0.25) is 0 Å². The molecule has 2 aromatic rings. The summed E-state index contributed by atoms with van der Waals surface area (Å²) >= 11 is 0. The summed E-state index contributed by atoms with van der Waals surface area (Å²) < 4.78 is 0. The van der Waals surface area contributed by atoms with Gasteiger partial charge in [-0.2, -0.15) is 0 Å². The van der Waals surface area contributed by atoms with Gasteiger partial charge in [-0.3, -0.25) is 14.6 Å². The van der Waals surface area contributed by atoms with E-state index in [9.17, 15) is 14.7 Å². The van der Waals surface area contributed by atoms with Crippen molar-refractivity contribution in [2.75, 3.05) is 5.32 Å². The Bertz CT molecular complexity index is 621. The summed E-state index contributed by atoms with van der Waals surface area (Å²) in [5.74, 6) is -0.652. The molecule has 5 nitrogen and oxygen atoms in total. The summed E-state index contributed by atoms with van der Waals surface area (Å²) in [5, 5.41) is 12.1. The van der Waals surface area contributed by atoms with Crippen LogP contribution in [0, 0.1) is 0 Å². The van der Waals surface area contributed by atoms with E-state index >= 15 is 0 Å². The monoisotopic (exact) mass is 256 g/mol. The van der Waals surface area contributed by atoms with Gasteiger partial charge in [-0.05, 0) is 37.3 Å². The Morgan fingerprint density at radius 1 is 1.16 bits per heavy atom. The number of hydrogen-bond acceptors (Lipinski definition) is 4. The van der Waals surface area contributed by atoms with Gasteiger partial charge in [0.05, 0.1) is 11.8 Å². The summed E-state index contributed by atoms with van der Waals surface area (Å²) in [4.78, 5) is 26.7. The maximum absolute atomic E-state index is 11.9. The molecule has 1 heterocycles. The fourth-order valence-electron chi connectivity index (χ4n) is 1.56. The third-order valence-corrected chi connectivity index (χ3v) is 2.59. The van der Waals surface area contributed by atoms with E-state index < -0.39 is 5.91 Å². The lowest BCUT2D eigenvalue weighted by Crippen LogP contribution is -2.12. The van der Waals surface area contributed by atoms with E-state index in [1.807, 2.05) is 0 Å². The predicted octanol–water partition coefficient (Wildman–Crippen LogP) is 2.24. The highest BCUT2D eigenvalue weighted by molar-refractivity contribution is 6.06. The van der Waals surface area contributed by atoms with Crippen LogP contribution in [0.25, 0.3) is 0 Å². The Hall–Kier alpha value is -2.69. The summed E-state index contributed by atoms with van der Waals surface area (Å²) in [6.45, 7) is 1.47. The van der Waals surface area contributed by atoms with Crippen LogP contribution in [0.1, 0.15) is 27.6 Å². The molecule has 2 N–H and O–H groups in total. The molecule has 0 fully saturated rings. The molecule has 5 heteroatoms. The van der Waals surface area contributed by atoms with Gasteiger partial charge >= 0.3 is 0 Å². The molecule has 0 saturated carbocycles. The molecule has 0 radical (unpaired) electrons. The van der Waals surface area contributed by atoms with Gasteiger partial charge in [0.2, 0.25) is 0 Å². The zero-order chi connectivity index (χ0) is 13.8. The van der Waals surface area contributed by atoms with Crippen LogP contribution in [0.3, 0.4) is 0 Å². The number of anilines is 1. The minimum Gasteiger partial charge on any atom is -0.505 e. The Balaban J connectivity index is 2.15. The number of carbonyl (C=O) groups is 2. The molecule has 0 aliphatic rings. The largest absolute Gasteiger partial charge is 0.505 e. The fraction of sp³-hybridized carbons (Fsp3) is 0.0714. The van der Waals surface area contributed by atoms with Crippen LogP contribution in [-0.4, -0.2) is 21.8 Å². The first-order chi connectivity index (χ1) is 9.08. The van der Waals surface area contributed by atoms with Gasteiger partial charge in [0.25, 0.3) is 5.91 Å². The van der Waals surface area contributed by atoms with Crippen molar-refractivity contribution in [1.29, 1.82) is 0 Å². The highest BCUT2D eigenvalue weighted by Crippen LogP contribution is 2.17. The van der Waals surface area contributed by atoms with Crippen molar-refractivity contribution in [3.63, 3.8) is 0 Å². The smallest absolute Gasteiger partial charge is 0.259 e. The van der Waals surface area contributed by atoms with Gasteiger partial charge in [0, 0.05) is 17.4 Å². The molecule has 1 aromatic heterocycles. The Morgan fingerprint density at radius 3 is 2.42 bits per heavy atom. The number of Topliss-reactive ketones (excluding diaryl/α,β-unsaturated/α-hetero) is 1. The van der Waals surface area contributed by atoms with E-state index in [1.54, 1.807) is 24.3 Å². The minimum atomic E-state index is -0.435. The number of hydrogen-bond donors (Lipinski definition) is 2. The van der Waals surface area contributed by atoms with Crippen molar-refractivity contribution in [2.24, 2.45) is 0 Å². The number of amides is 1. The molecule has 1 aromatic carbocycles. The SMILES string of the molecule is CC(=O)c1ccc(NC(=O)c2ccncc2O)cc1. The first-order valence-electron chi connectivity index (χ1n) is 5.63. The number of pyridine rings is 1. The van der Waals surface area contributed by atoms with Crippen molar-refractivity contribution in [1.82, 2.24) is 4.98 Å². The van der Waals surface area contributed by atoms with Crippen LogP contribution < -0.4 is 5.32 Å². The first-order valence-corrected chi connectivity index (χ1v) is 5.63. The van der Waals surface area contributed by atoms with Gasteiger partial charge in [0.15, 0.2) is 5.78 Å². The molecule has 0 bridgehead atoms. The average molecular weight is 256 g/mol. The van der Waals surface area contributed by atoms with Gasteiger partial charge in [-0.1, -0.05) is 0 Å². The molecule has 0 unspecified atom stereocenters. The molecular formula is C14H12N2O3. The van der Waals surface area contributed by atoms with Crippen LogP contribution in [0.5, 0.6) is 5.75 Å². The van der Waals surface area contributed by atoms with Crippen LogP contribution in [-0.2, 0) is 0 Å². The van der Waals surface area contributed by atoms with E-state index in [-0.39, 0.29) is 17.1 Å². The summed E-state index contributed by atoms with van der Waals surface area (Å²) in [7, 11) is 0. The molecule has 96 valence electrons. The lowest BCUT2D eigenvalue weighted by atomic mass is 10.1. The summed E-state index contributed by atoms with van der Waals surface area (Å²) in [6, 6.07) is 7.95. The Morgan fingerprint density at radius 2 is 1.84 bits per heavy atom. The van der Waals surface area contributed by atoms with E-state index in [0.717, 1.165) is 0 Å². The molecule has 0 atom stereocenters. The molecule has 0 spiro atoms. The standard InChI is InChI=1S/C14H12N2O3/c1-9(17)10-2-4-11(5-3-10)16-14(19)12-6-7-15-8-13(12)18/h2-8,18H,1H3,(H,16,19). The number of nitrogens with zero attached hydrogens (tertiary/aromatic N) is 1. The lowest BCUT2D eigenvalue weighted by molar-refractivity contribution is 0.101. The number of nitrogens with one attached hydrogen (secondary N) is 1. The van der Waals surface area contributed by atoms with Crippen LogP contribution in [0.4, 0.5) is 5.69 Å². The third kappa shape index (κ3) is 2.95. The quantitative estimate of drug-likeness (QED) is 0.825. The van der Waals surface area contributed by atoms with Crippen LogP contribution >= 0.6 is 0 Å². The topological polar surface area (TPSA) is 79.3 Å². The van der Waals surface area contributed by atoms with Crippen LogP contribution in [0.15, 0.2) is 42.7 Å². The van der Waals surface area contributed by atoms with Crippen molar-refractivity contribution in [2.45, 2.75) is 6.92 Å². The Labute approximate surface area is 109 Å². The fourth-order valence-corrected chi connectivity index (χ4v) is 1.56. The number of carbonyl (C=O) groups excluding carboxylic acids is 2. The highest BCUT2D eigenvalue weighted by atomic mass is 16.3. The van der Waals surface area contributed by atoms with Gasteiger partial charge in [-0.15, -0.1) is 0 Å². The number of ketones is 1. The van der Waals surface area contributed by atoms with Crippen molar-refractivity contribution < 1.29 is 14.7 Å². The Kier molecular flexibility index (Phi) is 3.56. The molecular weight excluding hydrogens is 244 g/mol. The van der Waals surface area contributed by atoms with Gasteiger partial charge in [-0.25, -0.2) is 0 Å². The second kappa shape index (κ2) is 5.30. The zero-order valence-corrected chi connectivity index (χ0v) is 10.3. The number of aromatic hydroxyl groups is 1. The van der Waals surface area contributed by atoms with E-state index in [4.69, 9.17) is 0 Å². The van der Waals surface area contributed by atoms with Crippen molar-refractivity contribution in [3.05, 3.63) is 53.9 Å². The molecule has 0 aliphatic heterocycles. The highest BCUT2D eigenvalue weighted by Gasteiger charge is 2.10.